The summed E-state index contributed by atoms with van der Waals surface area (Å²) in [5.41, 5.74) is 6.68. The molecule has 1 aliphatic rings. The molecule has 2 unspecified atom stereocenters. The van der Waals surface area contributed by atoms with E-state index in [0.29, 0.717) is 18.0 Å². The number of rotatable bonds is 4. The topological polar surface area (TPSA) is 72.6 Å². The SMILES string of the molecule is COC1CCN(S(=O)(=O)c2ccc(C(C)N)cc2)C1. The average molecular weight is 284 g/mol. The Balaban J connectivity index is 2.20. The standard InChI is InChI=1S/C13H20N2O3S/c1-10(14)11-3-5-13(6-4-11)19(16,17)15-8-7-12(9-15)18-2/h3-6,10,12H,7-9,14H2,1-2H3. The maximum atomic E-state index is 12.4. The molecule has 0 bridgehead atoms. The normalized spacial score (nSPS) is 22.6. The van der Waals surface area contributed by atoms with Crippen LogP contribution in [0.15, 0.2) is 29.2 Å². The van der Waals surface area contributed by atoms with Gasteiger partial charge in [-0.1, -0.05) is 12.1 Å². The highest BCUT2D eigenvalue weighted by atomic mass is 32.2. The number of nitrogens with zero attached hydrogens (tertiary/aromatic N) is 1. The highest BCUT2D eigenvalue weighted by Gasteiger charge is 2.32. The molecule has 0 aromatic heterocycles. The van der Waals surface area contributed by atoms with Crippen LogP contribution in [0.4, 0.5) is 0 Å². The first-order valence-electron chi connectivity index (χ1n) is 6.33. The minimum Gasteiger partial charge on any atom is -0.380 e. The van der Waals surface area contributed by atoms with Gasteiger partial charge in [0.15, 0.2) is 0 Å². The van der Waals surface area contributed by atoms with Gasteiger partial charge in [0.1, 0.15) is 0 Å². The number of hydrogen-bond donors (Lipinski definition) is 1. The van der Waals surface area contributed by atoms with E-state index in [1.807, 2.05) is 6.92 Å². The molecule has 1 aliphatic heterocycles. The third-order valence-electron chi connectivity index (χ3n) is 3.48. The average Bonchev–Trinajstić information content (AvgIpc) is 2.88. The molecule has 0 saturated carbocycles. The van der Waals surface area contributed by atoms with E-state index in [4.69, 9.17) is 10.5 Å². The van der Waals surface area contributed by atoms with Crippen molar-refractivity contribution in [1.82, 2.24) is 4.31 Å². The second-order valence-corrected chi connectivity index (χ2v) is 6.81. The lowest BCUT2D eigenvalue weighted by atomic mass is 10.1. The quantitative estimate of drug-likeness (QED) is 0.899. The minimum absolute atomic E-state index is 0.00175. The summed E-state index contributed by atoms with van der Waals surface area (Å²) in [5, 5.41) is 0. The molecule has 19 heavy (non-hydrogen) atoms. The van der Waals surface area contributed by atoms with E-state index in [9.17, 15) is 8.42 Å². The van der Waals surface area contributed by atoms with Gasteiger partial charge in [-0.25, -0.2) is 8.42 Å². The summed E-state index contributed by atoms with van der Waals surface area (Å²) in [4.78, 5) is 0.314. The summed E-state index contributed by atoms with van der Waals surface area (Å²) < 4.78 is 31.5. The van der Waals surface area contributed by atoms with Crippen molar-refractivity contribution in [3.8, 4) is 0 Å². The Kier molecular flexibility index (Phi) is 4.25. The van der Waals surface area contributed by atoms with Crippen molar-refractivity contribution in [1.29, 1.82) is 0 Å². The van der Waals surface area contributed by atoms with Gasteiger partial charge in [-0.2, -0.15) is 4.31 Å². The lowest BCUT2D eigenvalue weighted by molar-refractivity contribution is 0.115. The van der Waals surface area contributed by atoms with Gasteiger partial charge in [0.05, 0.1) is 11.0 Å². The van der Waals surface area contributed by atoms with Gasteiger partial charge in [0.25, 0.3) is 0 Å². The van der Waals surface area contributed by atoms with Gasteiger partial charge in [-0.3, -0.25) is 0 Å². The highest BCUT2D eigenvalue weighted by Crippen LogP contribution is 2.23. The molecule has 1 fully saturated rings. The third-order valence-corrected chi connectivity index (χ3v) is 5.36. The molecule has 2 N–H and O–H groups in total. The lowest BCUT2D eigenvalue weighted by Gasteiger charge is -2.16. The Hall–Kier alpha value is -0.950. The zero-order chi connectivity index (χ0) is 14.0. The Labute approximate surface area is 114 Å². The number of nitrogens with two attached hydrogens (primary N) is 1. The molecule has 0 aliphatic carbocycles. The second kappa shape index (κ2) is 5.58. The second-order valence-electron chi connectivity index (χ2n) is 4.87. The Morgan fingerprint density at radius 1 is 1.37 bits per heavy atom. The fourth-order valence-corrected chi connectivity index (χ4v) is 3.69. The molecular weight excluding hydrogens is 264 g/mol. The largest absolute Gasteiger partial charge is 0.380 e. The molecule has 1 aromatic carbocycles. The molecule has 6 heteroatoms. The fraction of sp³-hybridized carbons (Fsp3) is 0.538. The summed E-state index contributed by atoms with van der Waals surface area (Å²) >= 11 is 0. The molecule has 0 radical (unpaired) electrons. The minimum atomic E-state index is -3.41. The van der Waals surface area contributed by atoms with Crippen molar-refractivity contribution in [2.24, 2.45) is 5.73 Å². The van der Waals surface area contributed by atoms with Gasteiger partial charge in [-0.15, -0.1) is 0 Å². The predicted molar refractivity (Wildman–Crippen MR) is 73.2 cm³/mol. The maximum absolute atomic E-state index is 12.4. The lowest BCUT2D eigenvalue weighted by Crippen LogP contribution is -2.30. The summed E-state index contributed by atoms with van der Waals surface area (Å²) in [6, 6.07) is 6.67. The van der Waals surface area contributed by atoms with Crippen LogP contribution in [-0.2, 0) is 14.8 Å². The zero-order valence-corrected chi connectivity index (χ0v) is 12.1. The van der Waals surface area contributed by atoms with Crippen LogP contribution >= 0.6 is 0 Å². The van der Waals surface area contributed by atoms with E-state index >= 15 is 0 Å². The molecule has 2 atom stereocenters. The van der Waals surface area contributed by atoms with E-state index in [1.54, 1.807) is 31.4 Å². The van der Waals surface area contributed by atoms with Gasteiger partial charge >= 0.3 is 0 Å². The first kappa shape index (κ1) is 14.5. The van der Waals surface area contributed by atoms with Crippen molar-refractivity contribution in [2.45, 2.75) is 30.4 Å². The first-order chi connectivity index (χ1) is 8.95. The van der Waals surface area contributed by atoms with Crippen molar-refractivity contribution in [2.75, 3.05) is 20.2 Å². The molecular formula is C13H20N2O3S. The summed E-state index contributed by atoms with van der Waals surface area (Å²) in [7, 11) is -1.80. The molecule has 1 aromatic rings. The van der Waals surface area contributed by atoms with E-state index in [-0.39, 0.29) is 12.1 Å². The summed E-state index contributed by atoms with van der Waals surface area (Å²) in [6.45, 7) is 2.80. The van der Waals surface area contributed by atoms with E-state index in [0.717, 1.165) is 12.0 Å². The molecule has 106 valence electrons. The van der Waals surface area contributed by atoms with E-state index in [2.05, 4.69) is 0 Å². The Bertz CT molecular complexity index is 525. The van der Waals surface area contributed by atoms with Crippen molar-refractivity contribution >= 4 is 10.0 Å². The molecule has 0 spiro atoms. The maximum Gasteiger partial charge on any atom is 0.243 e. The fourth-order valence-electron chi connectivity index (χ4n) is 2.20. The zero-order valence-electron chi connectivity index (χ0n) is 11.2. The van der Waals surface area contributed by atoms with Crippen LogP contribution < -0.4 is 5.73 Å². The summed E-state index contributed by atoms with van der Waals surface area (Å²) in [6.07, 6.45) is 0.742. The Morgan fingerprint density at radius 2 is 2.00 bits per heavy atom. The number of methoxy groups -OCH3 is 1. The first-order valence-corrected chi connectivity index (χ1v) is 7.77. The van der Waals surface area contributed by atoms with Crippen LogP contribution in [0, 0.1) is 0 Å². The highest BCUT2D eigenvalue weighted by molar-refractivity contribution is 7.89. The van der Waals surface area contributed by atoms with Gasteiger partial charge < -0.3 is 10.5 Å². The Morgan fingerprint density at radius 3 is 2.47 bits per heavy atom. The van der Waals surface area contributed by atoms with Crippen LogP contribution in [0.1, 0.15) is 24.9 Å². The molecule has 5 nitrogen and oxygen atoms in total. The predicted octanol–water partition coefficient (Wildman–Crippen LogP) is 1.12. The van der Waals surface area contributed by atoms with E-state index < -0.39 is 10.0 Å². The number of ether oxygens (including phenoxy) is 1. The molecule has 2 rings (SSSR count). The van der Waals surface area contributed by atoms with Gasteiger partial charge in [0.2, 0.25) is 10.0 Å². The smallest absolute Gasteiger partial charge is 0.243 e. The van der Waals surface area contributed by atoms with Crippen LogP contribution in [-0.4, -0.2) is 39.0 Å². The van der Waals surface area contributed by atoms with Crippen molar-refractivity contribution < 1.29 is 13.2 Å². The van der Waals surface area contributed by atoms with Crippen LogP contribution in [0.2, 0.25) is 0 Å². The van der Waals surface area contributed by atoms with Crippen LogP contribution in [0.25, 0.3) is 0 Å². The van der Waals surface area contributed by atoms with Crippen molar-refractivity contribution in [3.05, 3.63) is 29.8 Å². The third kappa shape index (κ3) is 2.97. The van der Waals surface area contributed by atoms with Gasteiger partial charge in [-0.05, 0) is 31.0 Å². The monoisotopic (exact) mass is 284 g/mol. The number of sulfonamides is 1. The number of hydrogen-bond acceptors (Lipinski definition) is 4. The molecule has 1 heterocycles. The molecule has 1 saturated heterocycles. The molecule has 0 amide bonds. The van der Waals surface area contributed by atoms with Crippen LogP contribution in [0.3, 0.4) is 0 Å². The number of benzene rings is 1. The van der Waals surface area contributed by atoms with Crippen molar-refractivity contribution in [3.63, 3.8) is 0 Å². The van der Waals surface area contributed by atoms with E-state index in [1.165, 1.54) is 4.31 Å². The summed E-state index contributed by atoms with van der Waals surface area (Å²) in [5.74, 6) is 0. The van der Waals surface area contributed by atoms with Crippen LogP contribution in [0.5, 0.6) is 0 Å². The van der Waals surface area contributed by atoms with Gasteiger partial charge in [0, 0.05) is 26.2 Å².